The summed E-state index contributed by atoms with van der Waals surface area (Å²) < 4.78 is 97.6. The van der Waals surface area contributed by atoms with Crippen LogP contribution in [-0.4, -0.2) is 19.5 Å². The zero-order valence-electron chi connectivity index (χ0n) is 36.3. The second kappa shape index (κ2) is 10.9. The summed E-state index contributed by atoms with van der Waals surface area (Å²) in [6.07, 6.45) is 0. The molecule has 6 heteroatoms. The average Bonchev–Trinajstić information content (AvgIpc) is 3.99. The largest absolute Gasteiger partial charge is 0.456 e. The summed E-state index contributed by atoms with van der Waals surface area (Å²) in [5.41, 5.74) is 3.88. The Balaban J connectivity index is 1.27. The Morgan fingerprint density at radius 3 is 2.16 bits per heavy atom. The Kier molecular flexibility index (Phi) is 4.32. The average molecular weight is 681 g/mol. The van der Waals surface area contributed by atoms with E-state index in [0.29, 0.717) is 38.7 Å². The minimum absolute atomic E-state index is 0.0219. The van der Waals surface area contributed by atoms with Crippen LogP contribution in [0.25, 0.3) is 104 Å². The second-order valence-corrected chi connectivity index (χ2v) is 13.1. The third kappa shape index (κ3) is 4.30. The zero-order chi connectivity index (χ0) is 42.2. The Morgan fingerprint density at radius 2 is 1.24 bits per heavy atom. The quantitative estimate of drug-likeness (QED) is 0.186. The van der Waals surface area contributed by atoms with Crippen molar-refractivity contribution in [3.05, 3.63) is 157 Å². The van der Waals surface area contributed by atoms with E-state index in [1.807, 2.05) is 72.8 Å². The molecule has 0 N–H and O–H groups in total. The third-order valence-electron chi connectivity index (χ3n) is 9.15. The molecule has 0 atom stereocenters. The van der Waals surface area contributed by atoms with Crippen LogP contribution in [0, 0.1) is 0 Å². The molecule has 0 bridgehead atoms. The van der Waals surface area contributed by atoms with E-state index in [-0.39, 0.29) is 73.3 Å². The summed E-state index contributed by atoms with van der Waals surface area (Å²) in [5, 5.41) is 2.22. The van der Waals surface area contributed by atoms with Crippen molar-refractivity contribution in [2.24, 2.45) is 0 Å². The van der Waals surface area contributed by atoms with Gasteiger partial charge < -0.3 is 8.98 Å². The summed E-state index contributed by atoms with van der Waals surface area (Å²) >= 11 is 1.02. The summed E-state index contributed by atoms with van der Waals surface area (Å²) in [6.45, 7) is 0. The van der Waals surface area contributed by atoms with E-state index in [1.165, 1.54) is 0 Å². The van der Waals surface area contributed by atoms with Crippen LogP contribution < -0.4 is 0 Å². The predicted octanol–water partition coefficient (Wildman–Crippen LogP) is 12.2. The Labute approximate surface area is 309 Å². The lowest BCUT2D eigenvalue weighted by Crippen LogP contribution is -2.03. The van der Waals surface area contributed by atoms with Gasteiger partial charge in [-0.1, -0.05) is 115 Å². The van der Waals surface area contributed by atoms with Gasteiger partial charge in [0.1, 0.15) is 11.2 Å². The lowest BCUT2D eigenvalue weighted by molar-refractivity contribution is 0.669. The summed E-state index contributed by atoms with van der Waals surface area (Å²) in [4.78, 5) is 15.0. The van der Waals surface area contributed by atoms with E-state index < -0.39 is 30.2 Å². The van der Waals surface area contributed by atoms with Gasteiger partial charge in [0.25, 0.3) is 0 Å². The number of thiophene rings is 1. The SMILES string of the molecule is [2H]c1c([2H])c([2H])c2c(sc3c2c([2H])c([2H])c2c4c([2H])c([2H])c([2H])c([2H])c4n(-c4ccccc4-c4nc(-c5ccccc5)nc(-c5ccc6c(c5)oc5ccccc56)n4)c32)c1[2H]. The van der Waals surface area contributed by atoms with Gasteiger partial charge in [-0.25, -0.2) is 15.0 Å². The standard InChI is InChI=1S/C45H26N4OS/c1-2-12-27(13-3-1)43-46-44(28-22-23-31-30-15-6-10-20-38(30)50-39(31)26-28)48-45(47-43)35-17-5-9-19-37(35)49-36-18-8-4-14-29(36)33-24-25-34-32-16-7-11-21-40(32)51-42(34)41(33)49/h1-26H/i4D,7D,8D,11D,14D,16D,18D,21D,24D,25D. The molecule has 0 aliphatic heterocycles. The van der Waals surface area contributed by atoms with E-state index in [1.54, 1.807) is 28.8 Å². The first-order chi connectivity index (χ1) is 29.4. The Morgan fingerprint density at radius 1 is 0.529 bits per heavy atom. The molecule has 11 rings (SSSR count). The first-order valence-corrected chi connectivity index (χ1v) is 16.9. The van der Waals surface area contributed by atoms with Gasteiger partial charge in [0, 0.05) is 53.7 Å². The molecule has 7 aromatic carbocycles. The number of rotatable bonds is 4. The number of hydrogen-bond donors (Lipinski definition) is 0. The number of aromatic nitrogens is 4. The third-order valence-corrected chi connectivity index (χ3v) is 10.3. The summed E-state index contributed by atoms with van der Waals surface area (Å²) in [5.74, 6) is 0.940. The van der Waals surface area contributed by atoms with Gasteiger partial charge in [-0.2, -0.15) is 0 Å². The van der Waals surface area contributed by atoms with Crippen molar-refractivity contribution in [2.45, 2.75) is 0 Å². The van der Waals surface area contributed by atoms with Gasteiger partial charge in [-0.15, -0.1) is 11.3 Å². The first kappa shape index (κ1) is 20.1. The number of furan rings is 1. The highest BCUT2D eigenvalue weighted by Crippen LogP contribution is 2.44. The summed E-state index contributed by atoms with van der Waals surface area (Å²) in [7, 11) is 0. The maximum Gasteiger partial charge on any atom is 0.166 e. The Hall–Kier alpha value is -6.63. The molecule has 0 fully saturated rings. The normalized spacial score (nSPS) is 14.7. The maximum atomic E-state index is 9.43. The lowest BCUT2D eigenvalue weighted by atomic mass is 10.1. The molecule has 0 spiro atoms. The molecule has 0 radical (unpaired) electrons. The molecule has 5 nitrogen and oxygen atoms in total. The number of hydrogen-bond acceptors (Lipinski definition) is 5. The molecule has 11 aromatic rings. The van der Waals surface area contributed by atoms with Crippen LogP contribution in [0.4, 0.5) is 0 Å². The molecule has 0 aliphatic rings. The molecule has 51 heavy (non-hydrogen) atoms. The molecule has 0 saturated carbocycles. The van der Waals surface area contributed by atoms with Crippen molar-refractivity contribution in [3.63, 3.8) is 0 Å². The lowest BCUT2D eigenvalue weighted by Gasteiger charge is -2.15. The number of fused-ring (bicyclic) bond motifs is 10. The molecule has 4 heterocycles. The van der Waals surface area contributed by atoms with E-state index >= 15 is 0 Å². The van der Waals surface area contributed by atoms with Gasteiger partial charge in [0.15, 0.2) is 17.5 Å². The highest BCUT2D eigenvalue weighted by Gasteiger charge is 2.22. The molecule has 0 amide bonds. The monoisotopic (exact) mass is 680 g/mol. The van der Waals surface area contributed by atoms with Crippen molar-refractivity contribution in [1.29, 1.82) is 0 Å². The van der Waals surface area contributed by atoms with Gasteiger partial charge >= 0.3 is 0 Å². The fourth-order valence-electron chi connectivity index (χ4n) is 6.87. The van der Waals surface area contributed by atoms with Crippen LogP contribution in [0.15, 0.2) is 162 Å². The van der Waals surface area contributed by atoms with Crippen LogP contribution in [0.1, 0.15) is 13.7 Å². The van der Waals surface area contributed by atoms with Gasteiger partial charge in [0.2, 0.25) is 0 Å². The second-order valence-electron chi connectivity index (χ2n) is 12.0. The molecular weight excluding hydrogens is 645 g/mol. The van der Waals surface area contributed by atoms with E-state index in [2.05, 4.69) is 0 Å². The van der Waals surface area contributed by atoms with Gasteiger partial charge in [-0.05, 0) is 42.4 Å². The highest BCUT2D eigenvalue weighted by molar-refractivity contribution is 7.26. The van der Waals surface area contributed by atoms with Crippen LogP contribution >= 0.6 is 11.3 Å². The molecule has 0 saturated heterocycles. The molecule has 0 unspecified atom stereocenters. The van der Waals surface area contributed by atoms with E-state index in [9.17, 15) is 4.11 Å². The van der Waals surface area contributed by atoms with Crippen molar-refractivity contribution in [1.82, 2.24) is 19.5 Å². The minimum atomic E-state index is -0.511. The fraction of sp³-hybridized carbons (Fsp3) is 0. The van der Waals surface area contributed by atoms with Crippen molar-refractivity contribution in [2.75, 3.05) is 0 Å². The fourth-order valence-corrected chi connectivity index (χ4v) is 7.98. The van der Waals surface area contributed by atoms with Crippen molar-refractivity contribution in [3.8, 4) is 39.9 Å². The van der Waals surface area contributed by atoms with Gasteiger partial charge in [-0.3, -0.25) is 0 Å². The summed E-state index contributed by atoms with van der Waals surface area (Å²) in [6, 6.07) is 26.1. The number of benzene rings is 7. The smallest absolute Gasteiger partial charge is 0.166 e. The van der Waals surface area contributed by atoms with Crippen LogP contribution in [0.2, 0.25) is 0 Å². The van der Waals surface area contributed by atoms with Crippen molar-refractivity contribution >= 4 is 75.3 Å². The molecular formula is C45H26N4OS. The van der Waals surface area contributed by atoms with Crippen LogP contribution in [0.5, 0.6) is 0 Å². The Bertz CT molecular complexity index is 3730. The molecule has 0 aliphatic carbocycles. The number of nitrogens with zero attached hydrogens (tertiary/aromatic N) is 4. The molecule has 238 valence electrons. The van der Waals surface area contributed by atoms with Crippen LogP contribution in [-0.2, 0) is 0 Å². The topological polar surface area (TPSA) is 56.7 Å². The van der Waals surface area contributed by atoms with E-state index in [0.717, 1.165) is 33.3 Å². The molecule has 4 aromatic heterocycles. The maximum absolute atomic E-state index is 9.43. The van der Waals surface area contributed by atoms with Gasteiger partial charge in [0.05, 0.1) is 35.1 Å². The van der Waals surface area contributed by atoms with Crippen molar-refractivity contribution < 1.29 is 18.1 Å². The van der Waals surface area contributed by atoms with Crippen LogP contribution in [0.3, 0.4) is 0 Å². The number of para-hydroxylation sites is 3. The minimum Gasteiger partial charge on any atom is -0.456 e. The van der Waals surface area contributed by atoms with E-state index in [4.69, 9.17) is 29.0 Å². The highest BCUT2D eigenvalue weighted by atomic mass is 32.1. The predicted molar refractivity (Wildman–Crippen MR) is 211 cm³/mol. The zero-order valence-corrected chi connectivity index (χ0v) is 27.2. The first-order valence-electron chi connectivity index (χ1n) is 21.1.